The minimum absolute atomic E-state index is 0.211. The zero-order valence-corrected chi connectivity index (χ0v) is 13.9. The number of aliphatic hydroxyl groups is 1. The summed E-state index contributed by atoms with van der Waals surface area (Å²) in [6.07, 6.45) is 1.51. The SMILES string of the molecule is OCc1cnc(SCc2cc(F)cc(F)c2)n1Cc1ccccc1F. The molecule has 3 nitrogen and oxygen atoms in total. The average Bonchev–Trinajstić information content (AvgIpc) is 2.96. The Bertz CT molecular complexity index is 862. The highest BCUT2D eigenvalue weighted by molar-refractivity contribution is 7.98. The molecule has 7 heteroatoms. The molecule has 0 fully saturated rings. The Morgan fingerprint density at radius 3 is 2.44 bits per heavy atom. The van der Waals surface area contributed by atoms with Crippen LogP contribution in [0.1, 0.15) is 16.8 Å². The Kier molecular flexibility index (Phi) is 5.45. The van der Waals surface area contributed by atoms with Crippen LogP contribution in [0.25, 0.3) is 0 Å². The van der Waals surface area contributed by atoms with E-state index in [0.29, 0.717) is 27.7 Å². The highest BCUT2D eigenvalue weighted by Crippen LogP contribution is 2.25. The van der Waals surface area contributed by atoms with Gasteiger partial charge >= 0.3 is 0 Å². The summed E-state index contributed by atoms with van der Waals surface area (Å²) in [5.41, 5.74) is 1.48. The molecule has 0 amide bonds. The normalized spacial score (nSPS) is 11.0. The lowest BCUT2D eigenvalue weighted by Crippen LogP contribution is -2.07. The summed E-state index contributed by atoms with van der Waals surface area (Å²) < 4.78 is 42.2. The average molecular weight is 364 g/mol. The van der Waals surface area contributed by atoms with Crippen LogP contribution in [0.5, 0.6) is 0 Å². The van der Waals surface area contributed by atoms with Gasteiger partial charge in [0.2, 0.25) is 0 Å². The van der Waals surface area contributed by atoms with Crippen molar-refractivity contribution in [3.8, 4) is 0 Å². The molecule has 0 unspecified atom stereocenters. The molecule has 0 bridgehead atoms. The van der Waals surface area contributed by atoms with Crippen LogP contribution in [0.15, 0.2) is 53.8 Å². The number of halogens is 3. The second-order valence-corrected chi connectivity index (χ2v) is 6.38. The van der Waals surface area contributed by atoms with Crippen molar-refractivity contribution in [2.24, 2.45) is 0 Å². The van der Waals surface area contributed by atoms with Gasteiger partial charge in [-0.15, -0.1) is 0 Å². The van der Waals surface area contributed by atoms with Crippen molar-refractivity contribution in [1.82, 2.24) is 9.55 Å². The first-order valence-electron chi connectivity index (χ1n) is 7.53. The molecular formula is C18H15F3N2OS. The van der Waals surface area contributed by atoms with Crippen LogP contribution in [0.2, 0.25) is 0 Å². The van der Waals surface area contributed by atoms with Crippen LogP contribution >= 0.6 is 11.8 Å². The van der Waals surface area contributed by atoms with E-state index in [1.807, 2.05) is 0 Å². The molecule has 1 N–H and O–H groups in total. The maximum absolute atomic E-state index is 13.9. The van der Waals surface area contributed by atoms with Crippen molar-refractivity contribution in [2.75, 3.05) is 0 Å². The molecule has 2 aromatic carbocycles. The van der Waals surface area contributed by atoms with E-state index in [0.717, 1.165) is 6.07 Å². The molecule has 3 rings (SSSR count). The summed E-state index contributed by atoms with van der Waals surface area (Å²) in [6.45, 7) is -0.0288. The van der Waals surface area contributed by atoms with Crippen molar-refractivity contribution < 1.29 is 18.3 Å². The highest BCUT2D eigenvalue weighted by atomic mass is 32.2. The van der Waals surface area contributed by atoms with Crippen molar-refractivity contribution in [1.29, 1.82) is 0 Å². The molecule has 0 aliphatic carbocycles. The zero-order chi connectivity index (χ0) is 17.8. The first-order valence-corrected chi connectivity index (χ1v) is 8.52. The van der Waals surface area contributed by atoms with E-state index in [1.54, 1.807) is 22.8 Å². The summed E-state index contributed by atoms with van der Waals surface area (Å²) in [5.74, 6) is -1.32. The molecule has 0 radical (unpaired) electrons. The monoisotopic (exact) mass is 364 g/mol. The van der Waals surface area contributed by atoms with Crippen molar-refractivity contribution in [2.45, 2.75) is 24.1 Å². The van der Waals surface area contributed by atoms with Crippen LogP contribution < -0.4 is 0 Å². The summed E-state index contributed by atoms with van der Waals surface area (Å²) >= 11 is 1.26. The lowest BCUT2D eigenvalue weighted by molar-refractivity contribution is 0.270. The maximum Gasteiger partial charge on any atom is 0.168 e. The number of thioether (sulfide) groups is 1. The number of hydrogen-bond donors (Lipinski definition) is 1. The van der Waals surface area contributed by atoms with Crippen molar-refractivity contribution in [3.05, 3.63) is 82.9 Å². The molecule has 1 aromatic heterocycles. The Morgan fingerprint density at radius 1 is 1.04 bits per heavy atom. The molecule has 0 saturated carbocycles. The van der Waals surface area contributed by atoms with Gasteiger partial charge < -0.3 is 9.67 Å². The Labute approximate surface area is 147 Å². The van der Waals surface area contributed by atoms with E-state index < -0.39 is 11.6 Å². The van der Waals surface area contributed by atoms with E-state index >= 15 is 0 Å². The predicted octanol–water partition coefficient (Wildman–Crippen LogP) is 4.13. The first-order chi connectivity index (χ1) is 12.1. The maximum atomic E-state index is 13.9. The number of aromatic nitrogens is 2. The van der Waals surface area contributed by atoms with E-state index in [-0.39, 0.29) is 19.0 Å². The minimum atomic E-state index is -0.638. The van der Waals surface area contributed by atoms with Crippen LogP contribution in [-0.4, -0.2) is 14.7 Å². The van der Waals surface area contributed by atoms with Gasteiger partial charge in [-0.05, 0) is 23.8 Å². The van der Waals surface area contributed by atoms with E-state index in [9.17, 15) is 18.3 Å². The number of imidazole rings is 1. The summed E-state index contributed by atoms with van der Waals surface area (Å²) in [5, 5.41) is 10.0. The van der Waals surface area contributed by atoms with Crippen LogP contribution in [0.3, 0.4) is 0 Å². The molecule has 0 spiro atoms. The van der Waals surface area contributed by atoms with Crippen molar-refractivity contribution in [3.63, 3.8) is 0 Å². The Hall–Kier alpha value is -2.25. The molecule has 0 atom stereocenters. The number of rotatable bonds is 6. The van der Waals surface area contributed by atoms with Gasteiger partial charge in [-0.3, -0.25) is 0 Å². The number of nitrogens with zero attached hydrogens (tertiary/aromatic N) is 2. The molecule has 1 heterocycles. The molecule has 0 saturated heterocycles. The van der Waals surface area contributed by atoms with Gasteiger partial charge in [0.25, 0.3) is 0 Å². The predicted molar refractivity (Wildman–Crippen MR) is 89.6 cm³/mol. The smallest absolute Gasteiger partial charge is 0.168 e. The third-order valence-corrected chi connectivity index (χ3v) is 4.70. The van der Waals surface area contributed by atoms with Crippen molar-refractivity contribution >= 4 is 11.8 Å². The van der Waals surface area contributed by atoms with Gasteiger partial charge in [0.1, 0.15) is 17.5 Å². The highest BCUT2D eigenvalue weighted by Gasteiger charge is 2.13. The second kappa shape index (κ2) is 7.76. The van der Waals surface area contributed by atoms with Crippen LogP contribution in [0, 0.1) is 17.5 Å². The fourth-order valence-electron chi connectivity index (χ4n) is 2.44. The van der Waals surface area contributed by atoms with Gasteiger partial charge in [-0.1, -0.05) is 30.0 Å². The summed E-state index contributed by atoms with van der Waals surface area (Å²) in [7, 11) is 0. The third kappa shape index (κ3) is 4.24. The first kappa shape index (κ1) is 17.6. The fourth-order valence-corrected chi connectivity index (χ4v) is 3.37. The lowest BCUT2D eigenvalue weighted by Gasteiger charge is -2.11. The third-order valence-electron chi connectivity index (χ3n) is 3.64. The molecular weight excluding hydrogens is 349 g/mol. The topological polar surface area (TPSA) is 38.1 Å². The van der Waals surface area contributed by atoms with E-state index in [1.165, 1.54) is 36.2 Å². The standard InChI is InChI=1S/C18H15F3N2OS/c19-14-5-12(6-15(20)7-14)11-25-18-22-8-16(10-24)23(18)9-13-3-1-2-4-17(13)21/h1-8,24H,9-11H2. The number of aliphatic hydroxyl groups excluding tert-OH is 1. The van der Waals surface area contributed by atoms with Crippen LogP contribution in [-0.2, 0) is 18.9 Å². The van der Waals surface area contributed by atoms with Gasteiger partial charge in [0.05, 0.1) is 25.0 Å². The minimum Gasteiger partial charge on any atom is -0.390 e. The van der Waals surface area contributed by atoms with Gasteiger partial charge in [-0.25, -0.2) is 18.2 Å². The van der Waals surface area contributed by atoms with E-state index in [2.05, 4.69) is 4.98 Å². The zero-order valence-electron chi connectivity index (χ0n) is 13.1. The van der Waals surface area contributed by atoms with Gasteiger partial charge in [0, 0.05) is 17.4 Å². The van der Waals surface area contributed by atoms with E-state index in [4.69, 9.17) is 0 Å². The van der Waals surface area contributed by atoms with Crippen LogP contribution in [0.4, 0.5) is 13.2 Å². The fraction of sp³-hybridized carbons (Fsp3) is 0.167. The molecule has 3 aromatic rings. The quantitative estimate of drug-likeness (QED) is 0.668. The molecule has 0 aliphatic heterocycles. The number of benzene rings is 2. The molecule has 130 valence electrons. The van der Waals surface area contributed by atoms with Gasteiger partial charge in [-0.2, -0.15) is 0 Å². The molecule has 25 heavy (non-hydrogen) atoms. The Morgan fingerprint density at radius 2 is 1.76 bits per heavy atom. The second-order valence-electron chi connectivity index (χ2n) is 5.43. The largest absolute Gasteiger partial charge is 0.390 e. The summed E-state index contributed by atoms with van der Waals surface area (Å²) in [6, 6.07) is 9.70. The Balaban J connectivity index is 1.82. The molecule has 0 aliphatic rings. The lowest BCUT2D eigenvalue weighted by atomic mass is 10.2. The summed E-state index contributed by atoms with van der Waals surface area (Å²) in [4.78, 5) is 4.23. The number of hydrogen-bond acceptors (Lipinski definition) is 3. The van der Waals surface area contributed by atoms with Gasteiger partial charge in [0.15, 0.2) is 5.16 Å².